The van der Waals surface area contributed by atoms with E-state index in [-0.39, 0.29) is 17.7 Å². The Hall–Kier alpha value is -2.70. The molecule has 1 saturated heterocycles. The molecular formula is C29H45N3O8. The highest BCUT2D eigenvalue weighted by Crippen LogP contribution is 2.32. The van der Waals surface area contributed by atoms with Crippen molar-refractivity contribution >= 4 is 5.91 Å². The number of carbonyl (C=O) groups excluding carboxylic acids is 1. The Morgan fingerprint density at radius 1 is 1.15 bits per heavy atom. The lowest BCUT2D eigenvalue weighted by Crippen LogP contribution is -2.60. The number of hydrogen-bond acceptors (Lipinski definition) is 9. The van der Waals surface area contributed by atoms with Gasteiger partial charge in [-0.2, -0.15) is 0 Å². The molecule has 1 aromatic heterocycles. The fraction of sp³-hybridized carbons (Fsp3) is 0.655. The Labute approximate surface area is 235 Å². The molecule has 224 valence electrons. The SMILES string of the molecule is Cc1cc(OCCCCCC(C)(C)C(N)=O)ccc1Cc1c(O[C@@H]2OC(CO)[C@@H](O)[C@@H](O)C2O)n[nH]c1C(C)C. The van der Waals surface area contributed by atoms with Gasteiger partial charge in [0.1, 0.15) is 30.2 Å². The number of rotatable bonds is 14. The number of H-pyrrole nitrogens is 1. The molecule has 3 rings (SSSR count). The van der Waals surface area contributed by atoms with Gasteiger partial charge in [-0.3, -0.25) is 9.89 Å². The first kappa shape index (κ1) is 31.8. The summed E-state index contributed by atoms with van der Waals surface area (Å²) in [6.45, 7) is 9.81. The van der Waals surface area contributed by atoms with E-state index in [0.717, 1.165) is 53.8 Å². The molecule has 0 spiro atoms. The minimum absolute atomic E-state index is 0.103. The van der Waals surface area contributed by atoms with Gasteiger partial charge in [-0.1, -0.05) is 46.6 Å². The average Bonchev–Trinajstić information content (AvgIpc) is 3.30. The summed E-state index contributed by atoms with van der Waals surface area (Å²) in [5.41, 5.74) is 8.64. The van der Waals surface area contributed by atoms with Crippen molar-refractivity contribution in [1.29, 1.82) is 0 Å². The van der Waals surface area contributed by atoms with Crippen molar-refractivity contribution < 1.29 is 39.4 Å². The standard InChI is InChI=1S/C29H45N3O8/c1-16(2)22-20(26(32-31-22)40-27-25(36)24(35)23(34)21(15-33)39-27)14-18-9-10-19(13-17(18)3)38-12-8-6-7-11-29(4,5)28(30)37/h9-10,13,16,21,23-25,27,33-36H,6-8,11-12,14-15H2,1-5H3,(H2,30,37)(H,31,32)/t21?,23-,24-,25?,27+/m1/s1. The van der Waals surface area contributed by atoms with Crippen molar-refractivity contribution in [1.82, 2.24) is 10.2 Å². The number of unbranched alkanes of at least 4 members (excludes halogenated alkanes) is 2. The molecule has 1 amide bonds. The van der Waals surface area contributed by atoms with Crippen molar-refractivity contribution in [3.8, 4) is 11.6 Å². The third kappa shape index (κ3) is 7.73. The summed E-state index contributed by atoms with van der Waals surface area (Å²) in [5.74, 6) is 0.814. The van der Waals surface area contributed by atoms with Gasteiger partial charge in [-0.05, 0) is 48.9 Å². The molecule has 1 aromatic carbocycles. The van der Waals surface area contributed by atoms with Gasteiger partial charge in [0.2, 0.25) is 18.1 Å². The molecule has 0 bridgehead atoms. The number of nitrogens with two attached hydrogens (primary N) is 1. The number of carbonyl (C=O) groups is 1. The number of ether oxygens (including phenoxy) is 3. The van der Waals surface area contributed by atoms with Crippen LogP contribution in [0.25, 0.3) is 0 Å². The van der Waals surface area contributed by atoms with Crippen molar-refractivity contribution in [3.05, 3.63) is 40.6 Å². The molecule has 11 heteroatoms. The number of aliphatic hydroxyl groups is 4. The van der Waals surface area contributed by atoms with E-state index >= 15 is 0 Å². The van der Waals surface area contributed by atoms with Gasteiger partial charge in [0.05, 0.1) is 13.2 Å². The zero-order valence-electron chi connectivity index (χ0n) is 24.1. The Kier molecular flexibility index (Phi) is 11.0. The molecule has 2 aromatic rings. The van der Waals surface area contributed by atoms with Crippen molar-refractivity contribution in [2.75, 3.05) is 13.2 Å². The zero-order chi connectivity index (χ0) is 29.6. The van der Waals surface area contributed by atoms with Crippen LogP contribution in [-0.4, -0.2) is 80.5 Å². The second kappa shape index (κ2) is 13.8. The minimum atomic E-state index is -1.54. The number of aromatic amines is 1. The van der Waals surface area contributed by atoms with E-state index in [2.05, 4.69) is 10.2 Å². The van der Waals surface area contributed by atoms with Crippen LogP contribution in [0.4, 0.5) is 0 Å². The maximum atomic E-state index is 11.4. The van der Waals surface area contributed by atoms with Gasteiger partial charge in [-0.25, -0.2) is 0 Å². The second-order valence-electron chi connectivity index (χ2n) is 11.6. The zero-order valence-corrected chi connectivity index (χ0v) is 24.1. The summed E-state index contributed by atoms with van der Waals surface area (Å²) in [4.78, 5) is 11.4. The lowest BCUT2D eigenvalue weighted by atomic mass is 9.86. The average molecular weight is 564 g/mol. The van der Waals surface area contributed by atoms with E-state index < -0.39 is 42.7 Å². The van der Waals surface area contributed by atoms with Crippen molar-refractivity contribution in [3.63, 3.8) is 0 Å². The summed E-state index contributed by atoms with van der Waals surface area (Å²) in [5, 5.41) is 47.4. The maximum Gasteiger partial charge on any atom is 0.238 e. The predicted octanol–water partition coefficient (Wildman–Crippen LogP) is 2.06. The number of aliphatic hydroxyl groups excluding tert-OH is 4. The molecule has 1 aliphatic rings. The monoisotopic (exact) mass is 563 g/mol. The molecule has 7 N–H and O–H groups in total. The minimum Gasteiger partial charge on any atom is -0.494 e. The molecule has 40 heavy (non-hydrogen) atoms. The lowest BCUT2D eigenvalue weighted by molar-refractivity contribution is -0.278. The van der Waals surface area contributed by atoms with Gasteiger partial charge in [0.25, 0.3) is 0 Å². The predicted molar refractivity (Wildman–Crippen MR) is 148 cm³/mol. The number of aromatic nitrogens is 2. The van der Waals surface area contributed by atoms with Crippen LogP contribution in [-0.2, 0) is 16.0 Å². The van der Waals surface area contributed by atoms with E-state index in [9.17, 15) is 25.2 Å². The lowest BCUT2D eigenvalue weighted by Gasteiger charge is -2.39. The Morgan fingerprint density at radius 3 is 2.50 bits per heavy atom. The number of hydrogen-bond donors (Lipinski definition) is 6. The largest absolute Gasteiger partial charge is 0.494 e. The summed E-state index contributed by atoms with van der Waals surface area (Å²) in [6.07, 6.45) is -2.97. The maximum absolute atomic E-state index is 11.4. The third-order valence-corrected chi connectivity index (χ3v) is 7.58. The van der Waals surface area contributed by atoms with Gasteiger partial charge in [0, 0.05) is 23.1 Å². The van der Waals surface area contributed by atoms with Gasteiger partial charge in [0.15, 0.2) is 0 Å². The summed E-state index contributed by atoms with van der Waals surface area (Å²) >= 11 is 0. The molecule has 0 saturated carbocycles. The number of benzene rings is 1. The van der Waals surface area contributed by atoms with E-state index in [1.807, 2.05) is 52.8 Å². The van der Waals surface area contributed by atoms with Crippen LogP contribution in [0, 0.1) is 12.3 Å². The van der Waals surface area contributed by atoms with E-state index in [1.165, 1.54) is 0 Å². The van der Waals surface area contributed by atoms with Crippen molar-refractivity contribution in [2.24, 2.45) is 11.1 Å². The van der Waals surface area contributed by atoms with Crippen LogP contribution in [0.2, 0.25) is 0 Å². The second-order valence-corrected chi connectivity index (χ2v) is 11.6. The Morgan fingerprint density at radius 2 is 1.88 bits per heavy atom. The first-order valence-electron chi connectivity index (χ1n) is 13.9. The van der Waals surface area contributed by atoms with E-state index in [1.54, 1.807) is 0 Å². The highest BCUT2D eigenvalue weighted by atomic mass is 16.7. The fourth-order valence-electron chi connectivity index (χ4n) is 4.69. The highest BCUT2D eigenvalue weighted by molar-refractivity contribution is 5.79. The van der Waals surface area contributed by atoms with E-state index in [4.69, 9.17) is 19.9 Å². The van der Waals surface area contributed by atoms with Crippen LogP contribution in [0.1, 0.15) is 81.7 Å². The number of nitrogens with one attached hydrogen (secondary N) is 1. The number of aryl methyl sites for hydroxylation is 1. The molecule has 2 unspecified atom stereocenters. The van der Waals surface area contributed by atoms with Crippen LogP contribution in [0.5, 0.6) is 11.6 Å². The highest BCUT2D eigenvalue weighted by Gasteiger charge is 2.45. The smallest absolute Gasteiger partial charge is 0.238 e. The fourth-order valence-corrected chi connectivity index (χ4v) is 4.69. The van der Waals surface area contributed by atoms with E-state index in [0.29, 0.717) is 13.0 Å². The molecule has 1 fully saturated rings. The van der Waals surface area contributed by atoms with Crippen LogP contribution in [0.3, 0.4) is 0 Å². The molecule has 0 aliphatic carbocycles. The molecule has 5 atom stereocenters. The summed E-state index contributed by atoms with van der Waals surface area (Å²) in [6, 6.07) is 5.90. The number of amides is 1. The van der Waals surface area contributed by atoms with Gasteiger partial charge >= 0.3 is 0 Å². The molecule has 0 radical (unpaired) electrons. The van der Waals surface area contributed by atoms with Crippen LogP contribution >= 0.6 is 0 Å². The van der Waals surface area contributed by atoms with Gasteiger partial charge < -0.3 is 40.4 Å². The Balaban J connectivity index is 1.64. The van der Waals surface area contributed by atoms with Crippen molar-refractivity contribution in [2.45, 2.75) is 103 Å². The third-order valence-electron chi connectivity index (χ3n) is 7.58. The summed E-state index contributed by atoms with van der Waals surface area (Å²) < 4.78 is 17.4. The number of primary amides is 1. The van der Waals surface area contributed by atoms with Crippen LogP contribution < -0.4 is 15.2 Å². The molecule has 11 nitrogen and oxygen atoms in total. The first-order valence-corrected chi connectivity index (χ1v) is 13.9. The number of nitrogens with zero attached hydrogens (tertiary/aromatic N) is 1. The Bertz CT molecular complexity index is 1120. The molecule has 2 heterocycles. The van der Waals surface area contributed by atoms with Crippen LogP contribution in [0.15, 0.2) is 18.2 Å². The van der Waals surface area contributed by atoms with Gasteiger partial charge in [-0.15, -0.1) is 5.10 Å². The topological polar surface area (TPSA) is 180 Å². The molecule has 1 aliphatic heterocycles. The molecular weight excluding hydrogens is 518 g/mol. The summed E-state index contributed by atoms with van der Waals surface area (Å²) in [7, 11) is 0. The quantitative estimate of drug-likeness (QED) is 0.188. The normalized spacial score (nSPS) is 23.4. The first-order chi connectivity index (χ1) is 18.9.